The second-order valence-corrected chi connectivity index (χ2v) is 8.70. The van der Waals surface area contributed by atoms with Crippen LogP contribution in [0.25, 0.3) is 0 Å². The Morgan fingerprint density at radius 2 is 1.75 bits per heavy atom. The predicted molar refractivity (Wildman–Crippen MR) is 112 cm³/mol. The molecular formula is C23H35N3O2. The summed E-state index contributed by atoms with van der Waals surface area (Å²) in [7, 11) is 0. The van der Waals surface area contributed by atoms with Crippen LogP contribution >= 0.6 is 0 Å². The Kier molecular flexibility index (Phi) is 7.49. The molecule has 0 unspecified atom stereocenters. The molecular weight excluding hydrogens is 350 g/mol. The lowest BCUT2D eigenvalue weighted by atomic mass is 9.93. The molecule has 2 fully saturated rings. The van der Waals surface area contributed by atoms with Crippen LogP contribution in [0.5, 0.6) is 0 Å². The number of rotatable bonds is 6. The van der Waals surface area contributed by atoms with Crippen molar-refractivity contribution in [2.45, 2.75) is 58.5 Å². The van der Waals surface area contributed by atoms with Gasteiger partial charge in [-0.05, 0) is 43.7 Å². The van der Waals surface area contributed by atoms with Gasteiger partial charge in [-0.2, -0.15) is 0 Å². The SMILES string of the molecule is CC(C)CN1CCCC[C@H]1C(=O)N1CCC(C(=O)NCc2ccccc2)CC1. The van der Waals surface area contributed by atoms with Gasteiger partial charge in [0.1, 0.15) is 0 Å². The lowest BCUT2D eigenvalue weighted by Crippen LogP contribution is -2.54. The molecule has 154 valence electrons. The lowest BCUT2D eigenvalue weighted by Gasteiger charge is -2.40. The highest BCUT2D eigenvalue weighted by atomic mass is 16.2. The highest BCUT2D eigenvalue weighted by Gasteiger charge is 2.34. The zero-order chi connectivity index (χ0) is 19.9. The Morgan fingerprint density at radius 1 is 1.04 bits per heavy atom. The van der Waals surface area contributed by atoms with Gasteiger partial charge in [-0.15, -0.1) is 0 Å². The molecule has 0 saturated carbocycles. The number of nitrogens with one attached hydrogen (secondary N) is 1. The first-order chi connectivity index (χ1) is 13.5. The Morgan fingerprint density at radius 3 is 2.43 bits per heavy atom. The number of carbonyl (C=O) groups excluding carboxylic acids is 2. The van der Waals surface area contributed by atoms with Gasteiger partial charge in [-0.25, -0.2) is 0 Å². The lowest BCUT2D eigenvalue weighted by molar-refractivity contribution is -0.141. The first-order valence-corrected chi connectivity index (χ1v) is 10.9. The summed E-state index contributed by atoms with van der Waals surface area (Å²) in [6.07, 6.45) is 4.85. The smallest absolute Gasteiger partial charge is 0.239 e. The zero-order valence-corrected chi connectivity index (χ0v) is 17.4. The second-order valence-electron chi connectivity index (χ2n) is 8.70. The van der Waals surface area contributed by atoms with Crippen molar-refractivity contribution < 1.29 is 9.59 Å². The van der Waals surface area contributed by atoms with Crippen LogP contribution in [-0.2, 0) is 16.1 Å². The van der Waals surface area contributed by atoms with E-state index in [0.29, 0.717) is 25.6 Å². The Bertz CT molecular complexity index is 639. The van der Waals surface area contributed by atoms with Crippen LogP contribution in [0, 0.1) is 11.8 Å². The number of benzene rings is 1. The molecule has 5 nitrogen and oxygen atoms in total. The van der Waals surface area contributed by atoms with Gasteiger partial charge in [0.2, 0.25) is 11.8 Å². The maximum absolute atomic E-state index is 13.1. The fourth-order valence-electron chi connectivity index (χ4n) is 4.46. The molecule has 0 aliphatic carbocycles. The molecule has 3 rings (SSSR count). The molecule has 0 bridgehead atoms. The Labute approximate surface area is 169 Å². The van der Waals surface area contributed by atoms with E-state index < -0.39 is 0 Å². The molecule has 0 aromatic heterocycles. The summed E-state index contributed by atoms with van der Waals surface area (Å²) >= 11 is 0. The van der Waals surface area contributed by atoms with E-state index in [-0.39, 0.29) is 23.8 Å². The largest absolute Gasteiger partial charge is 0.352 e. The summed E-state index contributed by atoms with van der Waals surface area (Å²) in [5.74, 6) is 0.997. The molecule has 2 aliphatic rings. The Hall–Kier alpha value is -1.88. The average Bonchev–Trinajstić information content (AvgIpc) is 2.72. The van der Waals surface area contributed by atoms with E-state index in [1.54, 1.807) is 0 Å². The number of piperidine rings is 2. The molecule has 2 amide bonds. The van der Waals surface area contributed by atoms with Crippen LogP contribution in [0.3, 0.4) is 0 Å². The van der Waals surface area contributed by atoms with E-state index in [1.165, 1.54) is 6.42 Å². The number of nitrogens with zero attached hydrogens (tertiary/aromatic N) is 2. The van der Waals surface area contributed by atoms with Crippen molar-refractivity contribution >= 4 is 11.8 Å². The number of likely N-dealkylation sites (tertiary alicyclic amines) is 2. The highest BCUT2D eigenvalue weighted by Crippen LogP contribution is 2.24. The van der Waals surface area contributed by atoms with Crippen molar-refractivity contribution in [3.8, 4) is 0 Å². The fourth-order valence-corrected chi connectivity index (χ4v) is 4.46. The van der Waals surface area contributed by atoms with Gasteiger partial charge in [0.15, 0.2) is 0 Å². The number of amides is 2. The minimum absolute atomic E-state index is 0.0193. The predicted octanol–water partition coefficient (Wildman–Crippen LogP) is 3.05. The fraction of sp³-hybridized carbons (Fsp3) is 0.652. The second kappa shape index (κ2) is 10.1. The van der Waals surface area contributed by atoms with Gasteiger partial charge >= 0.3 is 0 Å². The van der Waals surface area contributed by atoms with Crippen molar-refractivity contribution in [2.24, 2.45) is 11.8 Å². The summed E-state index contributed by atoms with van der Waals surface area (Å²) in [6.45, 7) is 8.45. The molecule has 1 N–H and O–H groups in total. The minimum Gasteiger partial charge on any atom is -0.352 e. The molecule has 5 heteroatoms. The van der Waals surface area contributed by atoms with E-state index in [4.69, 9.17) is 0 Å². The highest BCUT2D eigenvalue weighted by molar-refractivity contribution is 5.83. The van der Waals surface area contributed by atoms with Gasteiger partial charge in [0.05, 0.1) is 6.04 Å². The molecule has 0 spiro atoms. The molecule has 2 saturated heterocycles. The van der Waals surface area contributed by atoms with Gasteiger partial charge < -0.3 is 10.2 Å². The Balaban J connectivity index is 1.47. The third-order valence-corrected chi connectivity index (χ3v) is 5.99. The molecule has 2 aliphatic heterocycles. The van der Waals surface area contributed by atoms with E-state index in [2.05, 4.69) is 24.1 Å². The molecule has 1 aromatic rings. The third kappa shape index (κ3) is 5.57. The van der Waals surface area contributed by atoms with Crippen molar-refractivity contribution in [1.82, 2.24) is 15.1 Å². The summed E-state index contributed by atoms with van der Waals surface area (Å²) in [4.78, 5) is 30.0. The number of carbonyl (C=O) groups is 2. The number of hydrogen-bond acceptors (Lipinski definition) is 3. The van der Waals surface area contributed by atoms with Crippen LogP contribution in [0.1, 0.15) is 51.5 Å². The number of hydrogen-bond donors (Lipinski definition) is 1. The summed E-state index contributed by atoms with van der Waals surface area (Å²) in [6, 6.07) is 10.0. The molecule has 1 aromatic carbocycles. The van der Waals surface area contributed by atoms with Crippen molar-refractivity contribution in [2.75, 3.05) is 26.2 Å². The van der Waals surface area contributed by atoms with Gasteiger partial charge in [-0.3, -0.25) is 14.5 Å². The van der Waals surface area contributed by atoms with E-state index >= 15 is 0 Å². The van der Waals surface area contributed by atoms with Crippen molar-refractivity contribution in [3.63, 3.8) is 0 Å². The van der Waals surface area contributed by atoms with Crippen LogP contribution in [0.2, 0.25) is 0 Å². The van der Waals surface area contributed by atoms with E-state index in [9.17, 15) is 9.59 Å². The zero-order valence-electron chi connectivity index (χ0n) is 17.4. The molecule has 2 heterocycles. The standard InChI is InChI=1S/C23H35N3O2/c1-18(2)17-26-13-7-6-10-21(26)23(28)25-14-11-20(12-15-25)22(27)24-16-19-8-4-3-5-9-19/h3-5,8-9,18,20-21H,6-7,10-17H2,1-2H3,(H,24,27)/t21-/m0/s1. The van der Waals surface area contributed by atoms with Crippen LogP contribution < -0.4 is 5.32 Å². The summed E-state index contributed by atoms with van der Waals surface area (Å²) < 4.78 is 0. The molecule has 28 heavy (non-hydrogen) atoms. The first-order valence-electron chi connectivity index (χ1n) is 10.9. The minimum atomic E-state index is 0.0193. The molecule has 0 radical (unpaired) electrons. The first kappa shape index (κ1) is 20.8. The maximum atomic E-state index is 13.1. The monoisotopic (exact) mass is 385 g/mol. The van der Waals surface area contributed by atoms with E-state index in [1.807, 2.05) is 35.2 Å². The summed E-state index contributed by atoms with van der Waals surface area (Å²) in [5, 5.41) is 3.05. The van der Waals surface area contributed by atoms with Crippen LogP contribution in [0.15, 0.2) is 30.3 Å². The topological polar surface area (TPSA) is 52.7 Å². The van der Waals surface area contributed by atoms with E-state index in [0.717, 1.165) is 44.3 Å². The normalized spacial score (nSPS) is 21.7. The van der Waals surface area contributed by atoms with Gasteiger partial charge in [0.25, 0.3) is 0 Å². The van der Waals surface area contributed by atoms with Crippen molar-refractivity contribution in [1.29, 1.82) is 0 Å². The quantitative estimate of drug-likeness (QED) is 0.819. The average molecular weight is 386 g/mol. The summed E-state index contributed by atoms with van der Waals surface area (Å²) in [5.41, 5.74) is 1.12. The van der Waals surface area contributed by atoms with Crippen LogP contribution in [0.4, 0.5) is 0 Å². The van der Waals surface area contributed by atoms with Gasteiger partial charge in [0, 0.05) is 32.1 Å². The maximum Gasteiger partial charge on any atom is 0.239 e. The van der Waals surface area contributed by atoms with Crippen LogP contribution in [-0.4, -0.2) is 53.8 Å². The van der Waals surface area contributed by atoms with Gasteiger partial charge in [-0.1, -0.05) is 50.6 Å². The molecule has 1 atom stereocenters. The van der Waals surface area contributed by atoms with Crippen molar-refractivity contribution in [3.05, 3.63) is 35.9 Å². The third-order valence-electron chi connectivity index (χ3n) is 5.99.